The fourth-order valence-electron chi connectivity index (χ4n) is 1.80. The van der Waals surface area contributed by atoms with Crippen LogP contribution in [0.15, 0.2) is 0 Å². The summed E-state index contributed by atoms with van der Waals surface area (Å²) in [5, 5.41) is 0. The Hall–Kier alpha value is -1.06. The van der Waals surface area contributed by atoms with E-state index in [0.717, 1.165) is 44.9 Å². The van der Waals surface area contributed by atoms with Crippen molar-refractivity contribution in [2.45, 2.75) is 71.8 Å². The molecule has 0 saturated heterocycles. The summed E-state index contributed by atoms with van der Waals surface area (Å²) in [4.78, 5) is 21.5. The van der Waals surface area contributed by atoms with Crippen LogP contribution in [0, 0.1) is 0 Å². The van der Waals surface area contributed by atoms with Gasteiger partial charge in [0.1, 0.15) is 6.10 Å². The molecular weight excluding hydrogens is 232 g/mol. The Kier molecular flexibility index (Phi) is 10.4. The average Bonchev–Trinajstić information content (AvgIpc) is 2.29. The third-order valence-electron chi connectivity index (χ3n) is 2.69. The van der Waals surface area contributed by atoms with E-state index in [1.54, 1.807) is 0 Å². The summed E-state index contributed by atoms with van der Waals surface area (Å²) in [7, 11) is 0. The largest absolute Gasteiger partial charge is 0.466 e. The predicted molar refractivity (Wildman–Crippen MR) is 70.2 cm³/mol. The Bertz CT molecular complexity index is 238. The summed E-state index contributed by atoms with van der Waals surface area (Å²) in [6, 6.07) is 0. The smallest absolute Gasteiger partial charge is 0.302 e. The molecule has 0 bridgehead atoms. The number of hydrogen-bond acceptors (Lipinski definition) is 4. The lowest BCUT2D eigenvalue weighted by atomic mass is 10.1. The SMILES string of the molecule is CCCC[C@@H](CCCCCOC(C)=O)OC(C)=O. The molecule has 0 amide bonds. The molecule has 0 aliphatic carbocycles. The summed E-state index contributed by atoms with van der Waals surface area (Å²) in [5.41, 5.74) is 0. The van der Waals surface area contributed by atoms with E-state index in [0.29, 0.717) is 6.61 Å². The van der Waals surface area contributed by atoms with Crippen LogP contribution in [-0.4, -0.2) is 24.6 Å². The fraction of sp³-hybridized carbons (Fsp3) is 0.857. The van der Waals surface area contributed by atoms with Crippen molar-refractivity contribution in [1.29, 1.82) is 0 Å². The third-order valence-corrected chi connectivity index (χ3v) is 2.69. The maximum absolute atomic E-state index is 10.9. The first kappa shape index (κ1) is 16.9. The molecular formula is C14H26O4. The molecule has 0 rings (SSSR count). The van der Waals surface area contributed by atoms with Crippen LogP contribution in [-0.2, 0) is 19.1 Å². The van der Waals surface area contributed by atoms with E-state index in [9.17, 15) is 9.59 Å². The Morgan fingerprint density at radius 1 is 0.944 bits per heavy atom. The monoisotopic (exact) mass is 258 g/mol. The maximum Gasteiger partial charge on any atom is 0.302 e. The van der Waals surface area contributed by atoms with Gasteiger partial charge in [0.25, 0.3) is 0 Å². The van der Waals surface area contributed by atoms with Crippen LogP contribution < -0.4 is 0 Å². The molecule has 0 aromatic rings. The minimum absolute atomic E-state index is 0.0520. The van der Waals surface area contributed by atoms with Gasteiger partial charge in [0.15, 0.2) is 0 Å². The van der Waals surface area contributed by atoms with E-state index in [4.69, 9.17) is 9.47 Å². The highest BCUT2D eigenvalue weighted by Gasteiger charge is 2.10. The van der Waals surface area contributed by atoms with Crippen molar-refractivity contribution in [2.24, 2.45) is 0 Å². The number of hydrogen-bond donors (Lipinski definition) is 0. The minimum atomic E-state index is -0.226. The molecule has 0 spiro atoms. The molecule has 0 heterocycles. The zero-order chi connectivity index (χ0) is 13.8. The molecule has 4 nitrogen and oxygen atoms in total. The summed E-state index contributed by atoms with van der Waals surface area (Å²) in [5.74, 6) is -0.424. The lowest BCUT2D eigenvalue weighted by Crippen LogP contribution is -2.16. The number of rotatable bonds is 10. The molecule has 4 heteroatoms. The van der Waals surface area contributed by atoms with Crippen LogP contribution in [0.25, 0.3) is 0 Å². The van der Waals surface area contributed by atoms with Gasteiger partial charge >= 0.3 is 11.9 Å². The van der Waals surface area contributed by atoms with E-state index >= 15 is 0 Å². The Balaban J connectivity index is 3.61. The third kappa shape index (κ3) is 11.4. The van der Waals surface area contributed by atoms with Crippen LogP contribution >= 0.6 is 0 Å². The van der Waals surface area contributed by atoms with E-state index < -0.39 is 0 Å². The molecule has 0 saturated carbocycles. The molecule has 106 valence electrons. The summed E-state index contributed by atoms with van der Waals surface area (Å²) >= 11 is 0. The van der Waals surface area contributed by atoms with Gasteiger partial charge in [0.2, 0.25) is 0 Å². The predicted octanol–water partition coefficient (Wildman–Crippen LogP) is 3.23. The summed E-state index contributed by atoms with van der Waals surface area (Å²) in [6.07, 6.45) is 6.98. The highest BCUT2D eigenvalue weighted by atomic mass is 16.5. The standard InChI is InChI=1S/C14H26O4/c1-4-5-9-14(18-13(3)16)10-7-6-8-11-17-12(2)15/h14H,4-11H2,1-3H3/t14-/m0/s1. The quantitative estimate of drug-likeness (QED) is 0.446. The van der Waals surface area contributed by atoms with Gasteiger partial charge in [0.05, 0.1) is 6.61 Å². The van der Waals surface area contributed by atoms with Crippen LogP contribution in [0.2, 0.25) is 0 Å². The van der Waals surface area contributed by atoms with Gasteiger partial charge in [-0.2, -0.15) is 0 Å². The molecule has 18 heavy (non-hydrogen) atoms. The van der Waals surface area contributed by atoms with Crippen molar-refractivity contribution in [3.8, 4) is 0 Å². The Morgan fingerprint density at radius 2 is 1.61 bits per heavy atom. The summed E-state index contributed by atoms with van der Waals surface area (Å²) < 4.78 is 10.1. The average molecular weight is 258 g/mol. The van der Waals surface area contributed by atoms with E-state index in [-0.39, 0.29) is 18.0 Å². The van der Waals surface area contributed by atoms with Crippen molar-refractivity contribution in [3.63, 3.8) is 0 Å². The van der Waals surface area contributed by atoms with E-state index in [2.05, 4.69) is 6.92 Å². The highest BCUT2D eigenvalue weighted by Crippen LogP contribution is 2.13. The van der Waals surface area contributed by atoms with Crippen molar-refractivity contribution in [3.05, 3.63) is 0 Å². The van der Waals surface area contributed by atoms with E-state index in [1.807, 2.05) is 0 Å². The van der Waals surface area contributed by atoms with Crippen molar-refractivity contribution >= 4 is 11.9 Å². The van der Waals surface area contributed by atoms with Crippen molar-refractivity contribution < 1.29 is 19.1 Å². The second kappa shape index (κ2) is 11.1. The Morgan fingerprint density at radius 3 is 2.17 bits per heavy atom. The lowest BCUT2D eigenvalue weighted by Gasteiger charge is -2.16. The van der Waals surface area contributed by atoms with Crippen LogP contribution in [0.1, 0.15) is 65.7 Å². The van der Waals surface area contributed by atoms with E-state index in [1.165, 1.54) is 13.8 Å². The van der Waals surface area contributed by atoms with Gasteiger partial charge in [-0.15, -0.1) is 0 Å². The number of carbonyl (C=O) groups is 2. The van der Waals surface area contributed by atoms with Crippen LogP contribution in [0.4, 0.5) is 0 Å². The van der Waals surface area contributed by atoms with Crippen LogP contribution in [0.3, 0.4) is 0 Å². The topological polar surface area (TPSA) is 52.6 Å². The van der Waals surface area contributed by atoms with Crippen LogP contribution in [0.5, 0.6) is 0 Å². The molecule has 0 radical (unpaired) electrons. The molecule has 0 fully saturated rings. The fourth-order valence-corrected chi connectivity index (χ4v) is 1.80. The number of ether oxygens (including phenoxy) is 2. The Labute approximate surface area is 110 Å². The first-order valence-electron chi connectivity index (χ1n) is 6.86. The highest BCUT2D eigenvalue weighted by molar-refractivity contribution is 5.66. The molecule has 0 aliphatic heterocycles. The molecule has 1 atom stereocenters. The maximum atomic E-state index is 10.9. The first-order chi connectivity index (χ1) is 8.56. The van der Waals surface area contributed by atoms with Crippen molar-refractivity contribution in [1.82, 2.24) is 0 Å². The first-order valence-corrected chi connectivity index (χ1v) is 6.86. The lowest BCUT2D eigenvalue weighted by molar-refractivity contribution is -0.147. The zero-order valence-electron chi connectivity index (χ0n) is 11.9. The number of unbranched alkanes of at least 4 members (excludes halogenated alkanes) is 3. The van der Waals surface area contributed by atoms with Gasteiger partial charge in [-0.05, 0) is 32.1 Å². The normalized spacial score (nSPS) is 11.9. The van der Waals surface area contributed by atoms with Gasteiger partial charge in [-0.25, -0.2) is 0 Å². The molecule has 0 unspecified atom stereocenters. The second-order valence-corrected chi connectivity index (χ2v) is 4.56. The van der Waals surface area contributed by atoms with Gasteiger partial charge in [-0.1, -0.05) is 19.8 Å². The number of carbonyl (C=O) groups excluding carboxylic acids is 2. The minimum Gasteiger partial charge on any atom is -0.466 e. The molecule has 0 aliphatic rings. The number of esters is 2. The second-order valence-electron chi connectivity index (χ2n) is 4.56. The van der Waals surface area contributed by atoms with Crippen molar-refractivity contribution in [2.75, 3.05) is 6.61 Å². The van der Waals surface area contributed by atoms with Gasteiger partial charge in [0, 0.05) is 13.8 Å². The zero-order valence-corrected chi connectivity index (χ0v) is 11.9. The summed E-state index contributed by atoms with van der Waals surface area (Å²) in [6.45, 7) is 5.49. The molecule has 0 aromatic heterocycles. The van der Waals surface area contributed by atoms with Gasteiger partial charge in [-0.3, -0.25) is 9.59 Å². The molecule has 0 aromatic carbocycles. The molecule has 0 N–H and O–H groups in total. The van der Waals surface area contributed by atoms with Gasteiger partial charge < -0.3 is 9.47 Å².